The molecule has 0 spiro atoms. The Balaban J connectivity index is 0.000000247. The Hall–Kier alpha value is -6.18. The van der Waals surface area contributed by atoms with Gasteiger partial charge in [0, 0.05) is 26.2 Å². The molecule has 348 valence electrons. The van der Waals surface area contributed by atoms with Crippen LogP contribution in [-0.2, 0) is 59.1 Å². The highest BCUT2D eigenvalue weighted by Gasteiger charge is 2.33. The molecular formula is C54H62N2O8S2. The van der Waals surface area contributed by atoms with Gasteiger partial charge in [-0.1, -0.05) is 121 Å². The molecule has 0 saturated heterocycles. The lowest BCUT2D eigenvalue weighted by Gasteiger charge is -2.28. The minimum absolute atomic E-state index is 0.265. The van der Waals surface area contributed by atoms with E-state index in [0.717, 1.165) is 56.4 Å². The molecule has 66 heavy (non-hydrogen) atoms. The number of benzene rings is 6. The number of hydrogen-bond donors (Lipinski definition) is 0. The van der Waals surface area contributed by atoms with Crippen LogP contribution in [0.3, 0.4) is 0 Å². The highest BCUT2D eigenvalue weighted by atomic mass is 32.2. The van der Waals surface area contributed by atoms with Crippen LogP contribution >= 0.6 is 0 Å². The molecule has 0 aliphatic rings. The highest BCUT2D eigenvalue weighted by molar-refractivity contribution is 7.90. The van der Waals surface area contributed by atoms with Crippen molar-refractivity contribution in [1.82, 2.24) is 8.61 Å². The van der Waals surface area contributed by atoms with Gasteiger partial charge in [-0.3, -0.25) is 0 Å². The van der Waals surface area contributed by atoms with Gasteiger partial charge < -0.3 is 18.9 Å². The fraction of sp³-hybridized carbons (Fsp3) is 0.259. The minimum Gasteiger partial charge on any atom is -0.497 e. The summed E-state index contributed by atoms with van der Waals surface area (Å²) in [6, 6.07) is 49.4. The Kier molecular flexibility index (Phi) is 19.6. The molecule has 0 N–H and O–H groups in total. The van der Waals surface area contributed by atoms with Crippen molar-refractivity contribution >= 4 is 20.0 Å². The van der Waals surface area contributed by atoms with Crippen LogP contribution in [0.25, 0.3) is 0 Å². The zero-order valence-corrected chi connectivity index (χ0v) is 40.0. The van der Waals surface area contributed by atoms with Crippen molar-refractivity contribution in [2.45, 2.75) is 62.4 Å². The molecule has 0 heterocycles. The summed E-state index contributed by atoms with van der Waals surface area (Å²) in [7, 11) is -0.863. The van der Waals surface area contributed by atoms with Crippen LogP contribution in [0, 0.1) is 0 Å². The fourth-order valence-corrected chi connectivity index (χ4v) is 11.1. The van der Waals surface area contributed by atoms with Crippen LogP contribution in [-0.4, -0.2) is 64.4 Å². The topological polar surface area (TPSA) is 112 Å². The van der Waals surface area contributed by atoms with Crippen molar-refractivity contribution in [1.29, 1.82) is 0 Å². The third kappa shape index (κ3) is 14.9. The summed E-state index contributed by atoms with van der Waals surface area (Å²) in [6.45, 7) is 8.68. The standard InChI is InChI=1S/2C27H31NO4S/c2*1-4-8-27(19-22-9-6-5-7-10-22)33(29,30)28(20-23-11-15-25(31-2)16-12-23)21-24-13-17-26(32-3)18-14-24/h2*4-7,9-18,27H,1,8,19-21H2,2-3H3. The molecule has 6 aromatic carbocycles. The second-order valence-electron chi connectivity index (χ2n) is 15.7. The molecule has 0 bridgehead atoms. The molecule has 6 rings (SSSR count). The lowest BCUT2D eigenvalue weighted by atomic mass is 10.1. The van der Waals surface area contributed by atoms with Crippen LogP contribution < -0.4 is 18.9 Å². The number of allylic oxidation sites excluding steroid dienone is 2. The molecular weight excluding hydrogens is 869 g/mol. The van der Waals surface area contributed by atoms with E-state index in [2.05, 4.69) is 13.2 Å². The van der Waals surface area contributed by atoms with Gasteiger partial charge in [0.25, 0.3) is 0 Å². The van der Waals surface area contributed by atoms with E-state index in [9.17, 15) is 16.8 Å². The van der Waals surface area contributed by atoms with E-state index in [1.54, 1.807) is 49.2 Å². The van der Waals surface area contributed by atoms with E-state index in [-0.39, 0.29) is 26.2 Å². The zero-order chi connectivity index (χ0) is 47.4. The zero-order valence-electron chi connectivity index (χ0n) is 38.4. The summed E-state index contributed by atoms with van der Waals surface area (Å²) < 4.78 is 79.7. The molecule has 2 atom stereocenters. The molecule has 0 amide bonds. The first kappa shape index (κ1) is 50.8. The number of rotatable bonds is 24. The van der Waals surface area contributed by atoms with Gasteiger partial charge in [0.1, 0.15) is 23.0 Å². The predicted molar refractivity (Wildman–Crippen MR) is 266 cm³/mol. The largest absolute Gasteiger partial charge is 0.497 e. The van der Waals surface area contributed by atoms with E-state index in [0.29, 0.717) is 25.7 Å². The van der Waals surface area contributed by atoms with Crippen molar-refractivity contribution in [3.8, 4) is 23.0 Å². The van der Waals surface area contributed by atoms with Crippen molar-refractivity contribution < 1.29 is 35.8 Å². The minimum atomic E-state index is -3.65. The van der Waals surface area contributed by atoms with Gasteiger partial charge in [0.05, 0.1) is 38.9 Å². The number of sulfonamides is 2. The van der Waals surface area contributed by atoms with Crippen LogP contribution in [0.2, 0.25) is 0 Å². The van der Waals surface area contributed by atoms with E-state index in [1.807, 2.05) is 158 Å². The molecule has 2 unspecified atom stereocenters. The van der Waals surface area contributed by atoms with Gasteiger partial charge in [-0.05, 0) is 108 Å². The summed E-state index contributed by atoms with van der Waals surface area (Å²) in [4.78, 5) is 0. The van der Waals surface area contributed by atoms with Crippen molar-refractivity contribution in [2.24, 2.45) is 0 Å². The number of methoxy groups -OCH3 is 4. The Labute approximate surface area is 392 Å². The van der Waals surface area contributed by atoms with E-state index in [1.165, 1.54) is 0 Å². The first-order valence-corrected chi connectivity index (χ1v) is 24.7. The third-order valence-electron chi connectivity index (χ3n) is 11.1. The predicted octanol–water partition coefficient (Wildman–Crippen LogP) is 10.4. The first-order chi connectivity index (χ1) is 31.9. The molecule has 0 saturated carbocycles. The summed E-state index contributed by atoms with van der Waals surface area (Å²) in [5.74, 6) is 2.93. The molecule has 12 heteroatoms. The highest BCUT2D eigenvalue weighted by Crippen LogP contribution is 2.27. The smallest absolute Gasteiger partial charge is 0.218 e. The van der Waals surface area contributed by atoms with Gasteiger partial charge in [0.2, 0.25) is 20.0 Å². The van der Waals surface area contributed by atoms with Crippen LogP contribution in [0.4, 0.5) is 0 Å². The van der Waals surface area contributed by atoms with Gasteiger partial charge in [-0.25, -0.2) is 16.8 Å². The lowest BCUT2D eigenvalue weighted by molar-refractivity contribution is 0.390. The van der Waals surface area contributed by atoms with Gasteiger partial charge in [-0.2, -0.15) is 8.61 Å². The van der Waals surface area contributed by atoms with Gasteiger partial charge in [-0.15, -0.1) is 13.2 Å². The summed E-state index contributed by atoms with van der Waals surface area (Å²) in [5, 5.41) is -1.21. The number of nitrogens with zero attached hydrogens (tertiary/aromatic N) is 2. The number of hydrogen-bond acceptors (Lipinski definition) is 8. The summed E-state index contributed by atoms with van der Waals surface area (Å²) >= 11 is 0. The second-order valence-corrected chi connectivity index (χ2v) is 20.1. The quantitative estimate of drug-likeness (QED) is 0.0552. The average Bonchev–Trinajstić information content (AvgIpc) is 3.35. The Morgan fingerprint density at radius 3 is 0.848 bits per heavy atom. The van der Waals surface area contributed by atoms with Gasteiger partial charge in [0.15, 0.2) is 0 Å². The van der Waals surface area contributed by atoms with E-state index < -0.39 is 30.5 Å². The molecule has 0 aromatic heterocycles. The van der Waals surface area contributed by atoms with E-state index in [4.69, 9.17) is 18.9 Å². The van der Waals surface area contributed by atoms with Crippen molar-refractivity contribution in [3.05, 3.63) is 216 Å². The molecule has 0 aliphatic heterocycles. The normalized spacial score (nSPS) is 12.3. The Morgan fingerprint density at radius 2 is 0.636 bits per heavy atom. The molecule has 10 nitrogen and oxygen atoms in total. The van der Waals surface area contributed by atoms with E-state index >= 15 is 0 Å². The van der Waals surface area contributed by atoms with Crippen molar-refractivity contribution in [3.63, 3.8) is 0 Å². The average molecular weight is 931 g/mol. The lowest BCUT2D eigenvalue weighted by Crippen LogP contribution is -2.39. The number of ether oxygens (including phenoxy) is 4. The maximum absolute atomic E-state index is 13.9. The molecule has 0 radical (unpaired) electrons. The third-order valence-corrected chi connectivity index (χ3v) is 15.5. The van der Waals surface area contributed by atoms with Crippen LogP contribution in [0.15, 0.2) is 183 Å². The molecule has 6 aromatic rings. The monoisotopic (exact) mass is 930 g/mol. The maximum Gasteiger partial charge on any atom is 0.218 e. The fourth-order valence-electron chi connectivity index (χ4n) is 7.38. The molecule has 0 aliphatic carbocycles. The second kappa shape index (κ2) is 25.5. The maximum atomic E-state index is 13.9. The Bertz CT molecular complexity index is 2310. The molecule has 0 fully saturated rings. The van der Waals surface area contributed by atoms with Crippen molar-refractivity contribution in [2.75, 3.05) is 28.4 Å². The Morgan fingerprint density at radius 1 is 0.394 bits per heavy atom. The summed E-state index contributed by atoms with van der Waals surface area (Å²) in [6.07, 6.45) is 4.97. The summed E-state index contributed by atoms with van der Waals surface area (Å²) in [5.41, 5.74) is 5.55. The van der Waals surface area contributed by atoms with Crippen LogP contribution in [0.1, 0.15) is 46.2 Å². The van der Waals surface area contributed by atoms with Crippen LogP contribution in [0.5, 0.6) is 23.0 Å². The first-order valence-electron chi connectivity index (χ1n) is 21.7. The van der Waals surface area contributed by atoms with Gasteiger partial charge >= 0.3 is 0 Å². The SMILES string of the molecule is C=CCC(Cc1ccccc1)S(=O)(=O)N(Cc1ccc(OC)cc1)Cc1ccc(OC)cc1.C=CCC(Cc1ccccc1)S(=O)(=O)N(Cc1ccc(OC)cc1)Cc1ccc(OC)cc1.